The summed E-state index contributed by atoms with van der Waals surface area (Å²) in [5.74, 6) is 0.237. The molecule has 28 heavy (non-hydrogen) atoms. The summed E-state index contributed by atoms with van der Waals surface area (Å²) in [6.07, 6.45) is 1.90. The van der Waals surface area contributed by atoms with Crippen LogP contribution in [0.15, 0.2) is 53.7 Å². The lowest BCUT2D eigenvalue weighted by molar-refractivity contribution is -0.119. The fraction of sp³-hybridized carbons (Fsp3) is 0.333. The molecule has 0 fully saturated rings. The second-order valence-electron chi connectivity index (χ2n) is 6.77. The van der Waals surface area contributed by atoms with Gasteiger partial charge in [0.15, 0.2) is 0 Å². The number of carbonyl (C=O) groups is 1. The summed E-state index contributed by atoms with van der Waals surface area (Å²) in [5.41, 5.74) is 4.27. The minimum absolute atomic E-state index is 0.0225. The average molecular weight is 396 g/mol. The second kappa shape index (κ2) is 9.50. The van der Waals surface area contributed by atoms with Crippen molar-refractivity contribution >= 4 is 17.7 Å². The maximum atomic E-state index is 12.6. The third-order valence-corrected chi connectivity index (χ3v) is 5.40. The molecule has 3 rings (SSSR count). The van der Waals surface area contributed by atoms with Crippen molar-refractivity contribution in [3.63, 3.8) is 0 Å². The van der Waals surface area contributed by atoms with Crippen LogP contribution in [0.4, 0.5) is 0 Å². The number of thioether (sulfide) groups is 1. The summed E-state index contributed by atoms with van der Waals surface area (Å²) in [5, 5.41) is 15.7. The average Bonchev–Trinajstić information content (AvgIpc) is 3.17. The van der Waals surface area contributed by atoms with E-state index in [1.54, 1.807) is 4.68 Å². The van der Waals surface area contributed by atoms with Gasteiger partial charge in [-0.25, -0.2) is 0 Å². The van der Waals surface area contributed by atoms with Crippen molar-refractivity contribution in [1.82, 2.24) is 25.5 Å². The maximum absolute atomic E-state index is 12.6. The van der Waals surface area contributed by atoms with Crippen LogP contribution in [-0.4, -0.2) is 31.9 Å². The first-order valence-corrected chi connectivity index (χ1v) is 10.4. The van der Waals surface area contributed by atoms with E-state index >= 15 is 0 Å². The zero-order valence-corrected chi connectivity index (χ0v) is 17.2. The Bertz CT molecular complexity index is 926. The number of tetrazole rings is 1. The molecule has 0 saturated heterocycles. The Kier molecular flexibility index (Phi) is 6.81. The Morgan fingerprint density at radius 3 is 2.71 bits per heavy atom. The van der Waals surface area contributed by atoms with Crippen LogP contribution in [0.1, 0.15) is 42.5 Å². The van der Waals surface area contributed by atoms with E-state index < -0.39 is 0 Å². The Morgan fingerprint density at radius 1 is 1.18 bits per heavy atom. The van der Waals surface area contributed by atoms with Gasteiger partial charge in [0.2, 0.25) is 11.1 Å². The highest BCUT2D eigenvalue weighted by atomic mass is 32.2. The number of carbonyl (C=O) groups excluding carboxylic acids is 1. The zero-order valence-electron chi connectivity index (χ0n) is 16.4. The highest BCUT2D eigenvalue weighted by Gasteiger charge is 2.16. The molecule has 146 valence electrons. The molecule has 0 spiro atoms. The van der Waals surface area contributed by atoms with Gasteiger partial charge in [0, 0.05) is 0 Å². The predicted molar refractivity (Wildman–Crippen MR) is 112 cm³/mol. The van der Waals surface area contributed by atoms with Gasteiger partial charge in [-0.3, -0.25) is 4.79 Å². The lowest BCUT2D eigenvalue weighted by Crippen LogP contribution is -2.30. The maximum Gasteiger partial charge on any atom is 0.230 e. The second-order valence-corrected chi connectivity index (χ2v) is 7.71. The van der Waals surface area contributed by atoms with Crippen molar-refractivity contribution in [3.05, 3.63) is 65.2 Å². The largest absolute Gasteiger partial charge is 0.349 e. The van der Waals surface area contributed by atoms with Crippen LogP contribution in [-0.2, 0) is 4.79 Å². The van der Waals surface area contributed by atoms with Gasteiger partial charge in [-0.1, -0.05) is 67.6 Å². The number of rotatable bonds is 8. The van der Waals surface area contributed by atoms with Gasteiger partial charge in [-0.15, -0.1) is 5.10 Å². The van der Waals surface area contributed by atoms with Gasteiger partial charge in [0.1, 0.15) is 0 Å². The van der Waals surface area contributed by atoms with Crippen molar-refractivity contribution in [2.45, 2.75) is 44.8 Å². The first-order chi connectivity index (χ1) is 13.6. The molecule has 3 aromatic rings. The van der Waals surface area contributed by atoms with Crippen molar-refractivity contribution < 1.29 is 4.79 Å². The van der Waals surface area contributed by atoms with E-state index in [2.05, 4.69) is 46.0 Å². The summed E-state index contributed by atoms with van der Waals surface area (Å²) in [4.78, 5) is 12.6. The van der Waals surface area contributed by atoms with Gasteiger partial charge < -0.3 is 5.32 Å². The van der Waals surface area contributed by atoms with E-state index in [0.29, 0.717) is 5.16 Å². The molecule has 6 nitrogen and oxygen atoms in total. The molecule has 2 aromatic carbocycles. The van der Waals surface area contributed by atoms with E-state index in [9.17, 15) is 4.79 Å². The third kappa shape index (κ3) is 4.98. The number of hydrogen-bond donors (Lipinski definition) is 1. The highest BCUT2D eigenvalue weighted by molar-refractivity contribution is 7.99. The number of nitrogens with one attached hydrogen (secondary N) is 1. The summed E-state index contributed by atoms with van der Waals surface area (Å²) < 4.78 is 1.70. The van der Waals surface area contributed by atoms with Crippen LogP contribution >= 0.6 is 11.8 Å². The fourth-order valence-corrected chi connectivity index (χ4v) is 3.72. The minimum Gasteiger partial charge on any atom is -0.349 e. The smallest absolute Gasteiger partial charge is 0.230 e. The normalized spacial score (nSPS) is 12.0. The van der Waals surface area contributed by atoms with E-state index in [1.807, 2.05) is 44.2 Å². The molecular weight excluding hydrogens is 370 g/mol. The van der Waals surface area contributed by atoms with Crippen LogP contribution < -0.4 is 5.32 Å². The topological polar surface area (TPSA) is 72.7 Å². The first kappa shape index (κ1) is 20.1. The predicted octanol–water partition coefficient (Wildman–Crippen LogP) is 4.03. The molecule has 1 N–H and O–H groups in total. The van der Waals surface area contributed by atoms with E-state index in [1.165, 1.54) is 11.8 Å². The SMILES string of the molecule is CCC[C@@H](NC(=O)CSc1nnnn1-c1cc(C)ccc1C)c1ccccc1. The van der Waals surface area contributed by atoms with Crippen LogP contribution in [0, 0.1) is 13.8 Å². The number of nitrogens with zero attached hydrogens (tertiary/aromatic N) is 4. The number of benzene rings is 2. The van der Waals surface area contributed by atoms with Gasteiger partial charge in [0.25, 0.3) is 0 Å². The van der Waals surface area contributed by atoms with Crippen molar-refractivity contribution in [3.8, 4) is 5.69 Å². The van der Waals surface area contributed by atoms with Gasteiger partial charge >= 0.3 is 0 Å². The Labute approximate surface area is 169 Å². The Hall–Kier alpha value is -2.67. The molecule has 0 aliphatic heterocycles. The van der Waals surface area contributed by atoms with E-state index in [0.717, 1.165) is 35.2 Å². The molecule has 1 amide bonds. The molecule has 0 aliphatic carbocycles. The van der Waals surface area contributed by atoms with Crippen molar-refractivity contribution in [1.29, 1.82) is 0 Å². The number of amides is 1. The summed E-state index contributed by atoms with van der Waals surface area (Å²) >= 11 is 1.34. The number of aryl methyl sites for hydroxylation is 2. The quantitative estimate of drug-likeness (QED) is 0.583. The van der Waals surface area contributed by atoms with E-state index in [4.69, 9.17) is 0 Å². The summed E-state index contributed by atoms with van der Waals surface area (Å²) in [7, 11) is 0. The van der Waals surface area contributed by atoms with Gasteiger partial charge in [-0.05, 0) is 53.5 Å². The minimum atomic E-state index is -0.0252. The molecule has 0 unspecified atom stereocenters. The van der Waals surface area contributed by atoms with E-state index in [-0.39, 0.29) is 17.7 Å². The van der Waals surface area contributed by atoms with Gasteiger partial charge in [0.05, 0.1) is 17.5 Å². The van der Waals surface area contributed by atoms with Crippen LogP contribution in [0.5, 0.6) is 0 Å². The van der Waals surface area contributed by atoms with Crippen LogP contribution in [0.3, 0.4) is 0 Å². The first-order valence-electron chi connectivity index (χ1n) is 9.41. The molecular formula is C21H25N5OS. The summed E-state index contributed by atoms with van der Waals surface area (Å²) in [6.45, 7) is 6.17. The number of hydrogen-bond acceptors (Lipinski definition) is 5. The fourth-order valence-electron chi connectivity index (χ4n) is 3.03. The molecule has 0 aliphatic rings. The molecule has 0 radical (unpaired) electrons. The highest BCUT2D eigenvalue weighted by Crippen LogP contribution is 2.22. The monoisotopic (exact) mass is 395 g/mol. The standard InChI is InChI=1S/C21H25N5OS/c1-4-8-18(17-9-6-5-7-10-17)22-20(27)14-28-21-23-24-25-26(21)19-13-15(2)11-12-16(19)3/h5-7,9-13,18H,4,8,14H2,1-3H3,(H,22,27)/t18-/m1/s1. The Morgan fingerprint density at radius 2 is 1.96 bits per heavy atom. The zero-order chi connectivity index (χ0) is 19.9. The van der Waals surface area contributed by atoms with Crippen LogP contribution in [0.25, 0.3) is 5.69 Å². The van der Waals surface area contributed by atoms with Crippen molar-refractivity contribution in [2.24, 2.45) is 0 Å². The van der Waals surface area contributed by atoms with Crippen molar-refractivity contribution in [2.75, 3.05) is 5.75 Å². The summed E-state index contributed by atoms with van der Waals surface area (Å²) in [6, 6.07) is 16.2. The van der Waals surface area contributed by atoms with Crippen LogP contribution in [0.2, 0.25) is 0 Å². The lowest BCUT2D eigenvalue weighted by atomic mass is 10.0. The third-order valence-electron chi connectivity index (χ3n) is 4.48. The molecule has 0 bridgehead atoms. The molecule has 1 heterocycles. The van der Waals surface area contributed by atoms with Gasteiger partial charge in [-0.2, -0.15) is 4.68 Å². The molecule has 0 saturated carbocycles. The Balaban J connectivity index is 1.67. The molecule has 7 heteroatoms. The number of aromatic nitrogens is 4. The lowest BCUT2D eigenvalue weighted by Gasteiger charge is -2.18. The molecule has 1 aromatic heterocycles. The molecule has 1 atom stereocenters.